The molecule has 1 aromatic heterocycles. The highest BCUT2D eigenvalue weighted by Crippen LogP contribution is 2.31. The van der Waals surface area contributed by atoms with Crippen LogP contribution in [0.1, 0.15) is 45.2 Å². The number of ether oxygens (including phenoxy) is 1. The highest BCUT2D eigenvalue weighted by Gasteiger charge is 2.32. The number of aromatic nitrogens is 1. The molecule has 1 aliphatic rings. The van der Waals surface area contributed by atoms with Crippen molar-refractivity contribution < 1.29 is 4.74 Å². The second kappa shape index (κ2) is 6.63. The number of thiazole rings is 1. The smallest absolute Gasteiger partial charge is 0.186 e. The summed E-state index contributed by atoms with van der Waals surface area (Å²) in [5.41, 5.74) is 1.05. The van der Waals surface area contributed by atoms with Gasteiger partial charge in [-0.1, -0.05) is 13.8 Å². The quantitative estimate of drug-likeness (QED) is 0.906. The molecular formula is C16H29N3OS. The van der Waals surface area contributed by atoms with Crippen LogP contribution in [0.2, 0.25) is 0 Å². The number of aryl methyl sites for hydroxylation is 1. The van der Waals surface area contributed by atoms with Gasteiger partial charge in [0, 0.05) is 24.5 Å². The van der Waals surface area contributed by atoms with Crippen molar-refractivity contribution in [2.24, 2.45) is 5.92 Å². The van der Waals surface area contributed by atoms with Crippen molar-refractivity contribution in [3.8, 4) is 0 Å². The third kappa shape index (κ3) is 4.66. The first-order valence-corrected chi connectivity index (χ1v) is 8.68. The van der Waals surface area contributed by atoms with Gasteiger partial charge in [-0.25, -0.2) is 4.98 Å². The van der Waals surface area contributed by atoms with E-state index in [1.54, 1.807) is 0 Å². The summed E-state index contributed by atoms with van der Waals surface area (Å²) < 4.78 is 5.98. The average molecular weight is 311 g/mol. The molecule has 0 radical (unpaired) electrons. The van der Waals surface area contributed by atoms with Crippen LogP contribution in [0, 0.1) is 12.8 Å². The Balaban J connectivity index is 2.03. The van der Waals surface area contributed by atoms with Gasteiger partial charge in [-0.2, -0.15) is 0 Å². The van der Waals surface area contributed by atoms with Crippen molar-refractivity contribution in [3.05, 3.63) is 10.6 Å². The van der Waals surface area contributed by atoms with Gasteiger partial charge < -0.3 is 15.0 Å². The van der Waals surface area contributed by atoms with Crippen LogP contribution in [-0.2, 0) is 11.3 Å². The number of nitrogens with one attached hydrogen (secondary N) is 1. The number of hydrogen-bond acceptors (Lipinski definition) is 5. The van der Waals surface area contributed by atoms with Crippen LogP contribution < -0.4 is 10.2 Å². The van der Waals surface area contributed by atoms with E-state index in [2.05, 4.69) is 51.8 Å². The molecule has 1 unspecified atom stereocenters. The first-order valence-electron chi connectivity index (χ1n) is 7.86. The second-order valence-corrected chi connectivity index (χ2v) is 8.16. The van der Waals surface area contributed by atoms with E-state index in [1.165, 1.54) is 4.88 Å². The van der Waals surface area contributed by atoms with Crippen molar-refractivity contribution in [2.75, 3.05) is 24.5 Å². The fraction of sp³-hybridized carbons (Fsp3) is 0.812. The summed E-state index contributed by atoms with van der Waals surface area (Å²) in [4.78, 5) is 8.50. The highest BCUT2D eigenvalue weighted by atomic mass is 32.1. The molecule has 5 heteroatoms. The molecule has 120 valence electrons. The average Bonchev–Trinajstić information content (AvgIpc) is 2.68. The predicted molar refractivity (Wildman–Crippen MR) is 90.2 cm³/mol. The van der Waals surface area contributed by atoms with Gasteiger partial charge in [0.2, 0.25) is 0 Å². The molecule has 1 saturated heterocycles. The Morgan fingerprint density at radius 1 is 1.48 bits per heavy atom. The SMILES string of the molecule is Cc1nc(N2CC(C)OC(C)(C)C2)sc1CNCC(C)C. The monoisotopic (exact) mass is 311 g/mol. The van der Waals surface area contributed by atoms with Gasteiger partial charge in [-0.3, -0.25) is 0 Å². The van der Waals surface area contributed by atoms with Crippen LogP contribution in [0.3, 0.4) is 0 Å². The van der Waals surface area contributed by atoms with Crippen molar-refractivity contribution >= 4 is 16.5 Å². The van der Waals surface area contributed by atoms with Gasteiger partial charge >= 0.3 is 0 Å². The summed E-state index contributed by atoms with van der Waals surface area (Å²) in [6.45, 7) is 16.8. The Labute approximate surface area is 132 Å². The Morgan fingerprint density at radius 3 is 2.81 bits per heavy atom. The van der Waals surface area contributed by atoms with E-state index in [-0.39, 0.29) is 11.7 Å². The largest absolute Gasteiger partial charge is 0.369 e. The standard InChI is InChI=1S/C16H29N3OS/c1-11(2)7-17-8-14-13(4)18-15(21-14)19-9-12(3)20-16(5,6)10-19/h11-12,17H,7-10H2,1-6H3. The number of nitrogens with zero attached hydrogens (tertiary/aromatic N) is 2. The molecule has 1 aromatic rings. The fourth-order valence-electron chi connectivity index (χ4n) is 2.79. The molecule has 1 atom stereocenters. The van der Waals surface area contributed by atoms with Gasteiger partial charge in [0.05, 0.1) is 17.4 Å². The van der Waals surface area contributed by atoms with Crippen LogP contribution >= 0.6 is 11.3 Å². The molecule has 0 saturated carbocycles. The lowest BCUT2D eigenvalue weighted by molar-refractivity contribution is -0.0749. The number of hydrogen-bond donors (Lipinski definition) is 1. The Bertz CT molecular complexity index is 470. The number of morpholine rings is 1. The number of anilines is 1. The van der Waals surface area contributed by atoms with Crippen LogP contribution in [-0.4, -0.2) is 36.3 Å². The summed E-state index contributed by atoms with van der Waals surface area (Å²) in [5.74, 6) is 0.679. The summed E-state index contributed by atoms with van der Waals surface area (Å²) in [6, 6.07) is 0. The molecule has 1 aliphatic heterocycles. The fourth-order valence-corrected chi connectivity index (χ4v) is 3.82. The van der Waals surface area contributed by atoms with Crippen LogP contribution in [0.15, 0.2) is 0 Å². The van der Waals surface area contributed by atoms with Crippen LogP contribution in [0.5, 0.6) is 0 Å². The second-order valence-electron chi connectivity index (χ2n) is 7.10. The zero-order valence-corrected chi connectivity index (χ0v) is 15.0. The maximum atomic E-state index is 5.98. The maximum Gasteiger partial charge on any atom is 0.186 e. The molecule has 2 rings (SSSR count). The summed E-state index contributed by atoms with van der Waals surface area (Å²) in [7, 11) is 0. The number of rotatable bonds is 5. The molecule has 21 heavy (non-hydrogen) atoms. The van der Waals surface area contributed by atoms with Crippen molar-refractivity contribution in [2.45, 2.75) is 59.8 Å². The van der Waals surface area contributed by atoms with E-state index in [1.807, 2.05) is 11.3 Å². The van der Waals surface area contributed by atoms with E-state index in [0.717, 1.165) is 37.0 Å². The van der Waals surface area contributed by atoms with Gasteiger partial charge in [0.25, 0.3) is 0 Å². The summed E-state index contributed by atoms with van der Waals surface area (Å²) in [6.07, 6.45) is 0.250. The highest BCUT2D eigenvalue weighted by molar-refractivity contribution is 7.15. The van der Waals surface area contributed by atoms with Crippen LogP contribution in [0.25, 0.3) is 0 Å². The first kappa shape index (κ1) is 16.7. The van der Waals surface area contributed by atoms with E-state index in [0.29, 0.717) is 5.92 Å². The van der Waals surface area contributed by atoms with Crippen molar-refractivity contribution in [1.82, 2.24) is 10.3 Å². The molecule has 4 nitrogen and oxygen atoms in total. The minimum absolute atomic E-state index is 0.104. The third-order valence-corrected chi connectivity index (χ3v) is 4.78. The normalized spacial score (nSPS) is 22.0. The lowest BCUT2D eigenvalue weighted by atomic mass is 10.1. The summed E-state index contributed by atoms with van der Waals surface area (Å²) in [5, 5.41) is 4.65. The first-order chi connectivity index (χ1) is 9.77. The molecule has 0 amide bonds. The maximum absolute atomic E-state index is 5.98. The predicted octanol–water partition coefficient (Wildman–Crippen LogP) is 3.20. The third-order valence-electron chi connectivity index (χ3n) is 3.56. The molecule has 0 aliphatic carbocycles. The van der Waals surface area contributed by atoms with Gasteiger partial charge in [0.15, 0.2) is 5.13 Å². The van der Waals surface area contributed by atoms with Gasteiger partial charge in [0.1, 0.15) is 0 Å². The lowest BCUT2D eigenvalue weighted by Crippen LogP contribution is -2.52. The molecule has 0 bridgehead atoms. The van der Waals surface area contributed by atoms with Gasteiger partial charge in [-0.15, -0.1) is 11.3 Å². The van der Waals surface area contributed by atoms with Crippen LogP contribution in [0.4, 0.5) is 5.13 Å². The Morgan fingerprint density at radius 2 is 2.19 bits per heavy atom. The lowest BCUT2D eigenvalue weighted by Gasteiger charge is -2.41. The topological polar surface area (TPSA) is 37.4 Å². The minimum Gasteiger partial charge on any atom is -0.369 e. The van der Waals surface area contributed by atoms with E-state index < -0.39 is 0 Å². The molecule has 2 heterocycles. The van der Waals surface area contributed by atoms with Gasteiger partial charge in [-0.05, 0) is 40.2 Å². The van der Waals surface area contributed by atoms with E-state index in [9.17, 15) is 0 Å². The molecule has 1 fully saturated rings. The van der Waals surface area contributed by atoms with Crippen molar-refractivity contribution in [3.63, 3.8) is 0 Å². The zero-order valence-electron chi connectivity index (χ0n) is 14.2. The molecule has 1 N–H and O–H groups in total. The minimum atomic E-state index is -0.104. The van der Waals surface area contributed by atoms with Crippen molar-refractivity contribution in [1.29, 1.82) is 0 Å². The molecule has 0 aromatic carbocycles. The zero-order chi connectivity index (χ0) is 15.6. The van der Waals surface area contributed by atoms with E-state index >= 15 is 0 Å². The Hall–Kier alpha value is -0.650. The van der Waals surface area contributed by atoms with E-state index in [4.69, 9.17) is 9.72 Å². The summed E-state index contributed by atoms with van der Waals surface area (Å²) >= 11 is 1.82. The molecular weight excluding hydrogens is 282 g/mol. The molecule has 0 spiro atoms. The Kier molecular flexibility index (Phi) is 5.28.